The van der Waals surface area contributed by atoms with Gasteiger partial charge in [-0.3, -0.25) is 14.9 Å². The van der Waals surface area contributed by atoms with Crippen LogP contribution in [0.3, 0.4) is 0 Å². The zero-order valence-electron chi connectivity index (χ0n) is 12.0. The van der Waals surface area contributed by atoms with Crippen molar-refractivity contribution in [3.8, 4) is 5.75 Å². The number of rotatable bonds is 6. The molecule has 0 saturated carbocycles. The highest BCUT2D eigenvalue weighted by molar-refractivity contribution is 9.11. The number of carbonyl (C=O) groups is 1. The molecule has 0 fully saturated rings. The lowest BCUT2D eigenvalue weighted by atomic mass is 10.3. The first-order chi connectivity index (χ1) is 11.0. The SMILES string of the molecule is C/C(=N/NC(=O)COc1ccccc1[N+](=O)[O-])c1ccc(Br)s1. The van der Waals surface area contributed by atoms with Crippen molar-refractivity contribution in [2.75, 3.05) is 6.61 Å². The maximum atomic E-state index is 11.7. The molecule has 0 saturated heterocycles. The normalized spacial score (nSPS) is 11.1. The summed E-state index contributed by atoms with van der Waals surface area (Å²) >= 11 is 4.84. The Hall–Kier alpha value is -2.26. The van der Waals surface area contributed by atoms with Crippen molar-refractivity contribution in [1.82, 2.24) is 5.43 Å². The number of halogens is 1. The topological polar surface area (TPSA) is 93.8 Å². The smallest absolute Gasteiger partial charge is 0.310 e. The summed E-state index contributed by atoms with van der Waals surface area (Å²) < 4.78 is 6.14. The van der Waals surface area contributed by atoms with Gasteiger partial charge in [0.15, 0.2) is 12.4 Å². The lowest BCUT2D eigenvalue weighted by Gasteiger charge is -2.05. The third kappa shape index (κ3) is 4.86. The van der Waals surface area contributed by atoms with Crippen LogP contribution >= 0.6 is 27.3 Å². The standard InChI is InChI=1S/C14H12BrN3O4S/c1-9(12-6-7-13(15)23-12)16-17-14(19)8-22-11-5-3-2-4-10(11)18(20)21/h2-7H,8H2,1H3,(H,17,19)/b16-9-. The second kappa shape index (κ2) is 7.84. The average Bonchev–Trinajstić information content (AvgIpc) is 2.97. The van der Waals surface area contributed by atoms with Crippen LogP contribution < -0.4 is 10.2 Å². The number of nitro benzene ring substituents is 1. The lowest BCUT2D eigenvalue weighted by molar-refractivity contribution is -0.385. The fourth-order valence-electron chi connectivity index (χ4n) is 1.62. The van der Waals surface area contributed by atoms with Crippen LogP contribution in [0.25, 0.3) is 0 Å². The van der Waals surface area contributed by atoms with E-state index in [0.717, 1.165) is 8.66 Å². The van der Waals surface area contributed by atoms with E-state index in [4.69, 9.17) is 4.74 Å². The minimum absolute atomic E-state index is 0.0375. The van der Waals surface area contributed by atoms with Gasteiger partial charge in [-0.2, -0.15) is 5.10 Å². The molecule has 23 heavy (non-hydrogen) atoms. The molecular weight excluding hydrogens is 386 g/mol. The van der Waals surface area contributed by atoms with Crippen molar-refractivity contribution in [2.24, 2.45) is 5.10 Å². The van der Waals surface area contributed by atoms with Crippen LogP contribution in [0.5, 0.6) is 5.75 Å². The van der Waals surface area contributed by atoms with E-state index < -0.39 is 10.8 Å². The molecule has 2 rings (SSSR count). The number of ether oxygens (including phenoxy) is 1. The van der Waals surface area contributed by atoms with Gasteiger partial charge in [-0.15, -0.1) is 11.3 Å². The van der Waals surface area contributed by atoms with Crippen LogP contribution in [0.15, 0.2) is 45.3 Å². The van der Waals surface area contributed by atoms with Crippen molar-refractivity contribution in [2.45, 2.75) is 6.92 Å². The summed E-state index contributed by atoms with van der Waals surface area (Å²) in [5, 5.41) is 14.8. The largest absolute Gasteiger partial charge is 0.477 e. The van der Waals surface area contributed by atoms with Crippen LogP contribution in [0.2, 0.25) is 0 Å². The number of nitrogens with one attached hydrogen (secondary N) is 1. The molecular formula is C14H12BrN3O4S. The maximum Gasteiger partial charge on any atom is 0.310 e. The van der Waals surface area contributed by atoms with Gasteiger partial charge in [0.25, 0.3) is 5.91 Å². The summed E-state index contributed by atoms with van der Waals surface area (Å²) in [5.74, 6) is -0.464. The number of hydrogen-bond donors (Lipinski definition) is 1. The number of nitrogens with zero attached hydrogens (tertiary/aromatic N) is 2. The van der Waals surface area contributed by atoms with E-state index in [2.05, 4.69) is 26.5 Å². The summed E-state index contributed by atoms with van der Waals surface area (Å²) in [7, 11) is 0. The van der Waals surface area contributed by atoms with E-state index in [1.165, 1.54) is 29.5 Å². The number of hydrazone groups is 1. The van der Waals surface area contributed by atoms with Gasteiger partial charge in [0.2, 0.25) is 0 Å². The van der Waals surface area contributed by atoms with Gasteiger partial charge in [-0.1, -0.05) is 12.1 Å². The van der Waals surface area contributed by atoms with Gasteiger partial charge in [-0.05, 0) is 41.1 Å². The third-order valence-electron chi connectivity index (χ3n) is 2.70. The molecule has 0 spiro atoms. The average molecular weight is 398 g/mol. The van der Waals surface area contributed by atoms with Gasteiger partial charge < -0.3 is 4.74 Å². The summed E-state index contributed by atoms with van der Waals surface area (Å²) in [4.78, 5) is 22.9. The molecule has 1 aromatic carbocycles. The molecule has 0 aliphatic heterocycles. The Morgan fingerprint density at radius 2 is 2.13 bits per heavy atom. The fraction of sp³-hybridized carbons (Fsp3) is 0.143. The molecule has 9 heteroatoms. The van der Waals surface area contributed by atoms with Crippen molar-refractivity contribution in [3.63, 3.8) is 0 Å². The highest BCUT2D eigenvalue weighted by Gasteiger charge is 2.14. The van der Waals surface area contributed by atoms with Crippen molar-refractivity contribution >= 4 is 44.6 Å². The number of para-hydroxylation sites is 2. The maximum absolute atomic E-state index is 11.7. The fourth-order valence-corrected chi connectivity index (χ4v) is 2.95. The first-order valence-corrected chi connectivity index (χ1v) is 8.03. The predicted molar refractivity (Wildman–Crippen MR) is 91.0 cm³/mol. The van der Waals surface area contributed by atoms with Crippen LogP contribution in [-0.2, 0) is 4.79 Å². The van der Waals surface area contributed by atoms with Gasteiger partial charge >= 0.3 is 5.69 Å². The minimum Gasteiger partial charge on any atom is -0.477 e. The van der Waals surface area contributed by atoms with E-state index in [1.54, 1.807) is 13.0 Å². The first-order valence-electron chi connectivity index (χ1n) is 6.42. The first kappa shape index (κ1) is 17.1. The highest BCUT2D eigenvalue weighted by Crippen LogP contribution is 2.25. The quantitative estimate of drug-likeness (QED) is 0.459. The van der Waals surface area contributed by atoms with Crippen LogP contribution in [-0.4, -0.2) is 23.1 Å². The Bertz CT molecular complexity index is 760. The van der Waals surface area contributed by atoms with Crippen molar-refractivity contribution < 1.29 is 14.5 Å². The van der Waals surface area contributed by atoms with Gasteiger partial charge in [-0.25, -0.2) is 5.43 Å². The third-order valence-corrected chi connectivity index (χ3v) is 4.43. The minimum atomic E-state index is -0.565. The number of amides is 1. The molecule has 0 unspecified atom stereocenters. The number of nitro groups is 1. The number of hydrogen-bond acceptors (Lipinski definition) is 6. The van der Waals surface area contributed by atoms with E-state index >= 15 is 0 Å². The zero-order chi connectivity index (χ0) is 16.8. The van der Waals surface area contributed by atoms with E-state index in [9.17, 15) is 14.9 Å². The van der Waals surface area contributed by atoms with Crippen molar-refractivity contribution in [3.05, 3.63) is 55.2 Å². The Labute approximate surface area is 144 Å². The molecule has 0 radical (unpaired) electrons. The molecule has 120 valence electrons. The molecule has 0 aliphatic carbocycles. The molecule has 2 aromatic rings. The van der Waals surface area contributed by atoms with E-state index in [-0.39, 0.29) is 18.0 Å². The molecule has 1 heterocycles. The van der Waals surface area contributed by atoms with E-state index in [1.807, 2.05) is 12.1 Å². The second-order valence-corrected chi connectivity index (χ2v) is 6.81. The molecule has 0 aliphatic rings. The Morgan fingerprint density at radius 1 is 1.39 bits per heavy atom. The van der Waals surface area contributed by atoms with Crippen molar-refractivity contribution in [1.29, 1.82) is 0 Å². The Morgan fingerprint density at radius 3 is 2.78 bits per heavy atom. The molecule has 0 atom stereocenters. The summed E-state index contributed by atoms with van der Waals surface area (Å²) in [6.45, 7) is 1.40. The summed E-state index contributed by atoms with van der Waals surface area (Å²) in [6.07, 6.45) is 0. The highest BCUT2D eigenvalue weighted by atomic mass is 79.9. The predicted octanol–water partition coefficient (Wildman–Crippen LogP) is 3.34. The Kier molecular flexibility index (Phi) is 5.83. The second-order valence-electron chi connectivity index (χ2n) is 4.35. The molecule has 1 amide bonds. The Balaban J connectivity index is 1.92. The van der Waals surface area contributed by atoms with Crippen LogP contribution in [0.4, 0.5) is 5.69 Å². The molecule has 7 nitrogen and oxygen atoms in total. The summed E-state index contributed by atoms with van der Waals surface area (Å²) in [5.41, 5.74) is 2.82. The monoisotopic (exact) mass is 397 g/mol. The van der Waals surface area contributed by atoms with E-state index in [0.29, 0.717) is 5.71 Å². The number of benzene rings is 1. The number of thiophene rings is 1. The lowest BCUT2D eigenvalue weighted by Crippen LogP contribution is -2.25. The molecule has 1 N–H and O–H groups in total. The van der Waals surface area contributed by atoms with Gasteiger partial charge in [0, 0.05) is 6.07 Å². The van der Waals surface area contributed by atoms with Crippen LogP contribution in [0.1, 0.15) is 11.8 Å². The molecule has 0 bridgehead atoms. The van der Waals surface area contributed by atoms with Crippen LogP contribution in [0, 0.1) is 10.1 Å². The number of carbonyl (C=O) groups excluding carboxylic acids is 1. The zero-order valence-corrected chi connectivity index (χ0v) is 14.4. The molecule has 1 aromatic heterocycles. The van der Waals surface area contributed by atoms with Gasteiger partial charge in [0.05, 0.1) is 19.3 Å². The van der Waals surface area contributed by atoms with Gasteiger partial charge in [0.1, 0.15) is 0 Å². The summed E-state index contributed by atoms with van der Waals surface area (Å²) in [6, 6.07) is 9.63.